The van der Waals surface area contributed by atoms with E-state index < -0.39 is 0 Å². The molecule has 1 unspecified atom stereocenters. The summed E-state index contributed by atoms with van der Waals surface area (Å²) < 4.78 is 11.1. The van der Waals surface area contributed by atoms with Gasteiger partial charge in [0.1, 0.15) is 12.4 Å². The lowest BCUT2D eigenvalue weighted by atomic mass is 10.2. The Balaban J connectivity index is 1.42. The maximum absolute atomic E-state index is 5.54. The van der Waals surface area contributed by atoms with E-state index in [2.05, 4.69) is 12.2 Å². The van der Waals surface area contributed by atoms with Gasteiger partial charge in [-0.25, -0.2) is 0 Å². The van der Waals surface area contributed by atoms with Crippen LogP contribution in [0.2, 0.25) is 0 Å². The molecule has 1 N–H and O–H groups in total. The molecule has 1 aliphatic carbocycles. The summed E-state index contributed by atoms with van der Waals surface area (Å²) in [6.07, 6.45) is 2.78. The zero-order valence-corrected chi connectivity index (χ0v) is 11.1. The molecule has 100 valence electrons. The highest BCUT2D eigenvalue weighted by Crippen LogP contribution is 2.32. The third-order valence-electron chi connectivity index (χ3n) is 3.28. The molecule has 3 heteroatoms. The van der Waals surface area contributed by atoms with Crippen LogP contribution in [0.1, 0.15) is 19.8 Å². The Morgan fingerprint density at radius 1 is 1.17 bits per heavy atom. The molecule has 1 saturated carbocycles. The summed E-state index contributed by atoms with van der Waals surface area (Å²) in [4.78, 5) is 0. The Kier molecular flexibility index (Phi) is 5.49. The van der Waals surface area contributed by atoms with Crippen molar-refractivity contribution in [1.29, 1.82) is 0 Å². The average Bonchev–Trinajstić information content (AvgIpc) is 3.23. The highest BCUT2D eigenvalue weighted by atomic mass is 16.5. The molecular weight excluding hydrogens is 226 g/mol. The molecule has 2 rings (SSSR count). The van der Waals surface area contributed by atoms with Crippen LogP contribution in [-0.2, 0) is 4.74 Å². The molecule has 1 fully saturated rings. The van der Waals surface area contributed by atoms with Gasteiger partial charge in [0.25, 0.3) is 0 Å². The van der Waals surface area contributed by atoms with Crippen LogP contribution in [0, 0.1) is 5.92 Å². The first-order chi connectivity index (χ1) is 8.86. The van der Waals surface area contributed by atoms with Gasteiger partial charge in [0.05, 0.1) is 13.2 Å². The van der Waals surface area contributed by atoms with E-state index in [1.165, 1.54) is 12.8 Å². The fraction of sp³-hybridized carbons (Fsp3) is 0.600. The molecule has 1 aliphatic rings. The fourth-order valence-electron chi connectivity index (χ4n) is 1.96. The lowest BCUT2D eigenvalue weighted by Crippen LogP contribution is -2.31. The van der Waals surface area contributed by atoms with Crippen molar-refractivity contribution in [1.82, 2.24) is 5.32 Å². The SMILES string of the molecule is CC(NCCOCCOc1ccccc1)C1CC1. The van der Waals surface area contributed by atoms with Gasteiger partial charge in [0.2, 0.25) is 0 Å². The summed E-state index contributed by atoms with van der Waals surface area (Å²) in [6, 6.07) is 10.5. The Bertz CT molecular complexity index is 325. The van der Waals surface area contributed by atoms with Crippen LogP contribution in [0.15, 0.2) is 30.3 Å². The first kappa shape index (κ1) is 13.4. The molecule has 18 heavy (non-hydrogen) atoms. The Morgan fingerprint density at radius 3 is 2.67 bits per heavy atom. The second kappa shape index (κ2) is 7.39. The predicted octanol–water partition coefficient (Wildman–Crippen LogP) is 2.47. The van der Waals surface area contributed by atoms with Gasteiger partial charge in [-0.15, -0.1) is 0 Å². The summed E-state index contributed by atoms with van der Waals surface area (Å²) in [6.45, 7) is 5.21. The van der Waals surface area contributed by atoms with E-state index in [0.717, 1.165) is 24.8 Å². The van der Waals surface area contributed by atoms with E-state index in [0.29, 0.717) is 19.3 Å². The lowest BCUT2D eigenvalue weighted by molar-refractivity contribution is 0.100. The number of hydrogen-bond donors (Lipinski definition) is 1. The first-order valence-electron chi connectivity index (χ1n) is 6.85. The summed E-state index contributed by atoms with van der Waals surface area (Å²) in [5, 5.41) is 3.49. The Labute approximate surface area is 109 Å². The van der Waals surface area contributed by atoms with Crippen molar-refractivity contribution in [2.24, 2.45) is 5.92 Å². The highest BCUT2D eigenvalue weighted by Gasteiger charge is 2.27. The van der Waals surface area contributed by atoms with Crippen molar-refractivity contribution in [3.63, 3.8) is 0 Å². The third-order valence-corrected chi connectivity index (χ3v) is 3.28. The number of nitrogens with one attached hydrogen (secondary N) is 1. The number of hydrogen-bond acceptors (Lipinski definition) is 3. The number of ether oxygens (including phenoxy) is 2. The van der Waals surface area contributed by atoms with Crippen molar-refractivity contribution < 1.29 is 9.47 Å². The molecule has 1 aromatic rings. The molecule has 0 amide bonds. The van der Waals surface area contributed by atoms with Crippen LogP contribution in [0.25, 0.3) is 0 Å². The second-order valence-electron chi connectivity index (χ2n) is 4.85. The van der Waals surface area contributed by atoms with Gasteiger partial charge in [-0.1, -0.05) is 18.2 Å². The normalized spacial score (nSPS) is 16.5. The molecule has 0 aromatic heterocycles. The predicted molar refractivity (Wildman–Crippen MR) is 72.9 cm³/mol. The monoisotopic (exact) mass is 249 g/mol. The van der Waals surface area contributed by atoms with Crippen LogP contribution >= 0.6 is 0 Å². The molecule has 1 aromatic carbocycles. The largest absolute Gasteiger partial charge is 0.491 e. The van der Waals surface area contributed by atoms with Gasteiger partial charge in [-0.05, 0) is 37.8 Å². The van der Waals surface area contributed by atoms with Gasteiger partial charge < -0.3 is 14.8 Å². The van der Waals surface area contributed by atoms with Crippen molar-refractivity contribution in [2.45, 2.75) is 25.8 Å². The molecule has 0 radical (unpaired) electrons. The quantitative estimate of drug-likeness (QED) is 0.682. The molecule has 0 heterocycles. The van der Waals surface area contributed by atoms with Crippen molar-refractivity contribution in [3.05, 3.63) is 30.3 Å². The minimum Gasteiger partial charge on any atom is -0.491 e. The molecule has 0 bridgehead atoms. The lowest BCUT2D eigenvalue weighted by Gasteiger charge is -2.12. The molecule has 1 atom stereocenters. The summed E-state index contributed by atoms with van der Waals surface area (Å²) in [5.74, 6) is 1.81. The smallest absolute Gasteiger partial charge is 0.119 e. The summed E-state index contributed by atoms with van der Waals surface area (Å²) in [7, 11) is 0. The average molecular weight is 249 g/mol. The van der Waals surface area contributed by atoms with E-state index >= 15 is 0 Å². The van der Waals surface area contributed by atoms with Gasteiger partial charge in [0.15, 0.2) is 0 Å². The zero-order valence-electron chi connectivity index (χ0n) is 11.1. The van der Waals surface area contributed by atoms with Gasteiger partial charge in [0, 0.05) is 12.6 Å². The van der Waals surface area contributed by atoms with E-state index in [1.807, 2.05) is 30.3 Å². The standard InChI is InChI=1S/C15H23NO2/c1-13(14-7-8-14)16-9-10-17-11-12-18-15-5-3-2-4-6-15/h2-6,13-14,16H,7-12H2,1H3. The van der Waals surface area contributed by atoms with Crippen molar-refractivity contribution >= 4 is 0 Å². The number of para-hydroxylation sites is 1. The highest BCUT2D eigenvalue weighted by molar-refractivity contribution is 5.20. The van der Waals surface area contributed by atoms with Crippen molar-refractivity contribution in [3.8, 4) is 5.75 Å². The van der Waals surface area contributed by atoms with Crippen LogP contribution in [0.5, 0.6) is 5.75 Å². The minimum absolute atomic E-state index is 0.613. The molecule has 3 nitrogen and oxygen atoms in total. The van der Waals surface area contributed by atoms with E-state index in [9.17, 15) is 0 Å². The molecular formula is C15H23NO2. The van der Waals surface area contributed by atoms with Crippen molar-refractivity contribution in [2.75, 3.05) is 26.4 Å². The maximum Gasteiger partial charge on any atom is 0.119 e. The fourth-order valence-corrected chi connectivity index (χ4v) is 1.96. The molecule has 0 spiro atoms. The maximum atomic E-state index is 5.54. The number of benzene rings is 1. The number of rotatable bonds is 9. The van der Waals surface area contributed by atoms with Crippen LogP contribution in [0.4, 0.5) is 0 Å². The minimum atomic E-state index is 0.613. The molecule has 0 saturated heterocycles. The van der Waals surface area contributed by atoms with Crippen LogP contribution < -0.4 is 10.1 Å². The summed E-state index contributed by atoms with van der Waals surface area (Å²) in [5.41, 5.74) is 0. The van der Waals surface area contributed by atoms with Gasteiger partial charge >= 0.3 is 0 Å². The topological polar surface area (TPSA) is 30.5 Å². The third kappa shape index (κ3) is 5.07. The molecule has 0 aliphatic heterocycles. The van der Waals surface area contributed by atoms with E-state index in [4.69, 9.17) is 9.47 Å². The summed E-state index contributed by atoms with van der Waals surface area (Å²) >= 11 is 0. The van der Waals surface area contributed by atoms with Crippen LogP contribution in [0.3, 0.4) is 0 Å². The van der Waals surface area contributed by atoms with E-state index in [-0.39, 0.29) is 0 Å². The first-order valence-corrected chi connectivity index (χ1v) is 6.85. The zero-order chi connectivity index (χ0) is 12.6. The Morgan fingerprint density at radius 2 is 1.94 bits per heavy atom. The second-order valence-corrected chi connectivity index (χ2v) is 4.85. The van der Waals surface area contributed by atoms with E-state index in [1.54, 1.807) is 0 Å². The van der Waals surface area contributed by atoms with Gasteiger partial charge in [-0.3, -0.25) is 0 Å². The Hall–Kier alpha value is -1.06. The van der Waals surface area contributed by atoms with Gasteiger partial charge in [-0.2, -0.15) is 0 Å². The van der Waals surface area contributed by atoms with Crippen LogP contribution in [-0.4, -0.2) is 32.4 Å².